The van der Waals surface area contributed by atoms with Gasteiger partial charge in [0.25, 0.3) is 0 Å². The Hall–Kier alpha value is -3.42. The van der Waals surface area contributed by atoms with Crippen molar-refractivity contribution in [1.29, 1.82) is 0 Å². The lowest BCUT2D eigenvalue weighted by Gasteiger charge is -2.20. The fourth-order valence-electron chi connectivity index (χ4n) is 4.08. The molecule has 5 rings (SSSR count). The largest absolute Gasteiger partial charge is 0.478 e. The molecule has 8 heteroatoms. The average Bonchev–Trinajstić information content (AvgIpc) is 3.30. The number of hydrogen-bond acceptors (Lipinski definition) is 4. The van der Waals surface area contributed by atoms with Crippen LogP contribution in [0.25, 0.3) is 11.3 Å². The summed E-state index contributed by atoms with van der Waals surface area (Å²) >= 11 is 0. The molecule has 7 nitrogen and oxygen atoms in total. The van der Waals surface area contributed by atoms with Gasteiger partial charge in [-0.3, -0.25) is 9.14 Å². The van der Waals surface area contributed by atoms with E-state index in [0.29, 0.717) is 36.1 Å². The zero-order chi connectivity index (χ0) is 20.8. The van der Waals surface area contributed by atoms with E-state index in [4.69, 9.17) is 4.74 Å². The lowest BCUT2D eigenvalue weighted by molar-refractivity contribution is -0.548. The fourth-order valence-corrected chi connectivity index (χ4v) is 4.08. The van der Waals surface area contributed by atoms with Gasteiger partial charge in [-0.25, -0.2) is 14.4 Å². The van der Waals surface area contributed by atoms with E-state index in [9.17, 15) is 4.39 Å². The molecule has 0 saturated heterocycles. The minimum Gasteiger partial charge on any atom is -0.478 e. The third kappa shape index (κ3) is 2.91. The first-order valence-electron chi connectivity index (χ1n) is 10.1. The summed E-state index contributed by atoms with van der Waals surface area (Å²) in [6.07, 6.45) is 2.52. The van der Waals surface area contributed by atoms with Crippen molar-refractivity contribution in [3.63, 3.8) is 0 Å². The van der Waals surface area contributed by atoms with Crippen molar-refractivity contribution in [3.05, 3.63) is 58.7 Å². The van der Waals surface area contributed by atoms with Crippen molar-refractivity contribution in [1.82, 2.24) is 19.5 Å². The Bertz CT molecular complexity index is 1230. The van der Waals surface area contributed by atoms with Gasteiger partial charge in [0.1, 0.15) is 29.7 Å². The summed E-state index contributed by atoms with van der Waals surface area (Å²) in [4.78, 5) is 18.4. The lowest BCUT2D eigenvalue weighted by atomic mass is 10.1. The van der Waals surface area contributed by atoms with Crippen molar-refractivity contribution in [2.75, 3.05) is 13.2 Å². The molecule has 30 heavy (non-hydrogen) atoms. The van der Waals surface area contributed by atoms with E-state index >= 15 is 0 Å². The fraction of sp³-hybridized carbons (Fsp3) is 0.318. The van der Waals surface area contributed by atoms with E-state index < -0.39 is 0 Å². The van der Waals surface area contributed by atoms with Crippen LogP contribution in [0.2, 0.25) is 0 Å². The van der Waals surface area contributed by atoms with Gasteiger partial charge in [0.15, 0.2) is 5.69 Å². The minimum atomic E-state index is -0.295. The molecule has 0 amide bonds. The Morgan fingerprint density at radius 1 is 1.17 bits per heavy atom. The van der Waals surface area contributed by atoms with Crippen molar-refractivity contribution >= 4 is 12.2 Å². The number of aliphatic imine (C=N–C) groups is 1. The normalized spacial score (nSPS) is 17.2. The van der Waals surface area contributed by atoms with Gasteiger partial charge in [0.05, 0.1) is 24.4 Å². The zero-order valence-electron chi connectivity index (χ0n) is 17.2. The molecule has 0 unspecified atom stereocenters. The summed E-state index contributed by atoms with van der Waals surface area (Å²) in [7, 11) is 0. The average molecular weight is 405 g/mol. The second kappa shape index (κ2) is 7.12. The predicted octanol–water partition coefficient (Wildman–Crippen LogP) is 2.90. The number of nitrogens with zero attached hydrogens (tertiary/aromatic N) is 6. The van der Waals surface area contributed by atoms with E-state index in [1.165, 1.54) is 6.07 Å². The molecular weight excluding hydrogens is 383 g/mol. The molecule has 0 bridgehead atoms. The Balaban J connectivity index is 1.64. The SMILES string of the molecule is CCOc1nc(C)nc2c1C[N+](=C1N=Cn3c(C)nc(-c4ccccc4F)c31)CC2. The molecule has 2 aliphatic rings. The molecule has 2 aliphatic heterocycles. The van der Waals surface area contributed by atoms with Crippen LogP contribution in [0, 0.1) is 19.7 Å². The highest BCUT2D eigenvalue weighted by Crippen LogP contribution is 2.30. The maximum atomic E-state index is 14.5. The number of halogens is 1. The molecule has 152 valence electrons. The number of fused-ring (bicyclic) bond motifs is 2. The van der Waals surface area contributed by atoms with Crippen LogP contribution < -0.4 is 4.74 Å². The third-order valence-electron chi connectivity index (χ3n) is 5.44. The zero-order valence-corrected chi connectivity index (χ0v) is 17.2. The first-order valence-corrected chi connectivity index (χ1v) is 10.1. The van der Waals surface area contributed by atoms with Gasteiger partial charge >= 0.3 is 5.84 Å². The van der Waals surface area contributed by atoms with Crippen LogP contribution in [0.1, 0.15) is 35.5 Å². The van der Waals surface area contributed by atoms with Gasteiger partial charge in [0.2, 0.25) is 12.2 Å². The Morgan fingerprint density at radius 2 is 2.00 bits per heavy atom. The number of imidazole rings is 1. The summed E-state index contributed by atoms with van der Waals surface area (Å²) in [5.41, 5.74) is 3.90. The summed E-state index contributed by atoms with van der Waals surface area (Å²) in [5, 5.41) is 0. The molecule has 0 N–H and O–H groups in total. The van der Waals surface area contributed by atoms with Gasteiger partial charge in [-0.05, 0) is 37.9 Å². The summed E-state index contributed by atoms with van der Waals surface area (Å²) in [6.45, 7) is 7.61. The molecule has 4 heterocycles. The Kier molecular flexibility index (Phi) is 4.42. The highest BCUT2D eigenvalue weighted by atomic mass is 19.1. The summed E-state index contributed by atoms with van der Waals surface area (Å²) in [5.74, 6) is 2.60. The highest BCUT2D eigenvalue weighted by molar-refractivity contribution is 6.08. The smallest absolute Gasteiger partial charge is 0.347 e. The van der Waals surface area contributed by atoms with E-state index in [0.717, 1.165) is 41.6 Å². The van der Waals surface area contributed by atoms with Gasteiger partial charge < -0.3 is 4.74 Å². The molecule has 0 atom stereocenters. The van der Waals surface area contributed by atoms with Crippen LogP contribution in [-0.4, -0.2) is 49.4 Å². The topological polar surface area (TPSA) is 68.2 Å². The Labute approximate surface area is 173 Å². The Morgan fingerprint density at radius 3 is 2.80 bits per heavy atom. The van der Waals surface area contributed by atoms with E-state index in [1.54, 1.807) is 18.5 Å². The first-order chi connectivity index (χ1) is 14.6. The molecule has 0 aliphatic carbocycles. The molecule has 1 aromatic carbocycles. The van der Waals surface area contributed by atoms with Gasteiger partial charge in [-0.2, -0.15) is 4.98 Å². The number of aromatic nitrogens is 4. The van der Waals surface area contributed by atoms with Gasteiger partial charge in [0, 0.05) is 12.0 Å². The highest BCUT2D eigenvalue weighted by Gasteiger charge is 2.35. The first kappa shape index (κ1) is 18.6. The van der Waals surface area contributed by atoms with Gasteiger partial charge in [-0.15, -0.1) is 0 Å². The number of amidine groups is 1. The number of aryl methyl sites for hydroxylation is 2. The molecule has 0 saturated carbocycles. The molecule has 0 radical (unpaired) electrons. The van der Waals surface area contributed by atoms with Crippen LogP contribution in [0.15, 0.2) is 29.3 Å². The van der Waals surface area contributed by atoms with Crippen LogP contribution in [0.3, 0.4) is 0 Å². The van der Waals surface area contributed by atoms with Crippen molar-refractivity contribution in [2.24, 2.45) is 4.99 Å². The van der Waals surface area contributed by atoms with E-state index in [-0.39, 0.29) is 5.82 Å². The standard InChI is InChI=1S/C22H22FN6O/c1-4-30-22-16-11-28(10-9-18(16)25-13(2)26-22)21-20-19(15-7-5-6-8-17(15)23)27-14(3)29(20)12-24-21/h5-8,12H,4,9-11H2,1-3H3/q+1. The second-order valence-corrected chi connectivity index (χ2v) is 7.38. The molecule has 3 aromatic rings. The molecule has 0 fully saturated rings. The maximum Gasteiger partial charge on any atom is 0.347 e. The third-order valence-corrected chi connectivity index (χ3v) is 5.44. The van der Waals surface area contributed by atoms with Crippen LogP contribution in [-0.2, 0) is 13.0 Å². The van der Waals surface area contributed by atoms with Crippen LogP contribution in [0.4, 0.5) is 4.39 Å². The monoisotopic (exact) mass is 405 g/mol. The van der Waals surface area contributed by atoms with Crippen molar-refractivity contribution in [3.8, 4) is 17.1 Å². The minimum absolute atomic E-state index is 0.295. The van der Waals surface area contributed by atoms with Crippen LogP contribution in [0.5, 0.6) is 5.88 Å². The summed E-state index contributed by atoms with van der Waals surface area (Å²) < 4.78 is 24.4. The number of benzene rings is 1. The van der Waals surface area contributed by atoms with Crippen molar-refractivity contribution in [2.45, 2.75) is 33.7 Å². The number of ether oxygens (including phenoxy) is 1. The molecular formula is C22H22FN6O+. The quantitative estimate of drug-likeness (QED) is 0.629. The van der Waals surface area contributed by atoms with E-state index in [1.807, 2.05) is 31.4 Å². The number of rotatable bonds is 3. The number of hydrogen-bond donors (Lipinski definition) is 0. The van der Waals surface area contributed by atoms with Gasteiger partial charge in [-0.1, -0.05) is 12.1 Å². The molecule has 0 spiro atoms. The maximum absolute atomic E-state index is 14.5. The predicted molar refractivity (Wildman–Crippen MR) is 111 cm³/mol. The van der Waals surface area contributed by atoms with Crippen LogP contribution >= 0.6 is 0 Å². The van der Waals surface area contributed by atoms with E-state index in [2.05, 4.69) is 24.5 Å². The lowest BCUT2D eigenvalue weighted by Crippen LogP contribution is -2.29. The molecule has 2 aromatic heterocycles. The second-order valence-electron chi connectivity index (χ2n) is 7.38. The summed E-state index contributed by atoms with van der Waals surface area (Å²) in [6, 6.07) is 6.71. The van der Waals surface area contributed by atoms with Crippen molar-refractivity contribution < 1.29 is 13.7 Å².